The van der Waals surface area contributed by atoms with Crippen LogP contribution in [0, 0.1) is 33.1 Å². The van der Waals surface area contributed by atoms with E-state index in [-0.39, 0.29) is 5.92 Å². The van der Waals surface area contributed by atoms with Gasteiger partial charge in [0.1, 0.15) is 0 Å². The first-order valence-electron chi connectivity index (χ1n) is 5.64. The zero-order valence-corrected chi connectivity index (χ0v) is 10.2. The van der Waals surface area contributed by atoms with Crippen molar-refractivity contribution < 1.29 is 0 Å². The first kappa shape index (κ1) is 11.9. The Hall–Kier alpha value is -1.22. The molecular formula is C15H20. The molecule has 0 saturated carbocycles. The van der Waals surface area contributed by atoms with E-state index in [4.69, 9.17) is 6.42 Å². The Morgan fingerprint density at radius 1 is 1.20 bits per heavy atom. The molecule has 0 aliphatic heterocycles. The van der Waals surface area contributed by atoms with Crippen LogP contribution in [0.2, 0.25) is 0 Å². The van der Waals surface area contributed by atoms with Crippen molar-refractivity contribution in [2.24, 2.45) is 0 Å². The van der Waals surface area contributed by atoms with Crippen molar-refractivity contribution in [2.45, 2.75) is 46.5 Å². The Morgan fingerprint density at radius 2 is 1.73 bits per heavy atom. The summed E-state index contributed by atoms with van der Waals surface area (Å²) in [6.45, 7) is 8.64. The molecule has 1 rings (SSSR count). The topological polar surface area (TPSA) is 0 Å². The molecule has 0 nitrogen and oxygen atoms in total. The standard InChI is InChI=1S/C15H20/c1-6-8-14(7-2)15-12(4)9-11(3)10-13(15)5/h2,9-10,14H,6,8H2,1,3-5H3. The third-order valence-electron chi connectivity index (χ3n) is 2.87. The van der Waals surface area contributed by atoms with E-state index in [0.717, 1.165) is 12.8 Å². The van der Waals surface area contributed by atoms with Crippen LogP contribution in [0.15, 0.2) is 12.1 Å². The number of hydrogen-bond donors (Lipinski definition) is 0. The van der Waals surface area contributed by atoms with Crippen molar-refractivity contribution in [3.63, 3.8) is 0 Å². The summed E-state index contributed by atoms with van der Waals surface area (Å²) < 4.78 is 0. The van der Waals surface area contributed by atoms with Gasteiger partial charge in [0.15, 0.2) is 0 Å². The molecule has 0 aromatic heterocycles. The van der Waals surface area contributed by atoms with Crippen LogP contribution < -0.4 is 0 Å². The summed E-state index contributed by atoms with van der Waals surface area (Å²) in [6.07, 6.45) is 7.84. The molecule has 0 saturated heterocycles. The van der Waals surface area contributed by atoms with Gasteiger partial charge in [-0.1, -0.05) is 37.0 Å². The molecule has 0 heterocycles. The summed E-state index contributed by atoms with van der Waals surface area (Å²) in [5, 5.41) is 0. The largest absolute Gasteiger partial charge is 0.119 e. The Balaban J connectivity index is 3.18. The molecule has 0 spiro atoms. The maximum Gasteiger partial charge on any atom is 0.0454 e. The zero-order valence-electron chi connectivity index (χ0n) is 10.2. The normalized spacial score (nSPS) is 12.2. The van der Waals surface area contributed by atoms with Gasteiger partial charge in [0.2, 0.25) is 0 Å². The van der Waals surface area contributed by atoms with Crippen LogP contribution in [0.4, 0.5) is 0 Å². The highest BCUT2D eigenvalue weighted by molar-refractivity contribution is 5.42. The van der Waals surface area contributed by atoms with Crippen LogP contribution in [0.1, 0.15) is 47.9 Å². The van der Waals surface area contributed by atoms with Gasteiger partial charge in [0.25, 0.3) is 0 Å². The molecule has 0 heteroatoms. The van der Waals surface area contributed by atoms with Crippen molar-refractivity contribution >= 4 is 0 Å². The van der Waals surface area contributed by atoms with Crippen molar-refractivity contribution in [1.82, 2.24) is 0 Å². The highest BCUT2D eigenvalue weighted by Gasteiger charge is 2.13. The van der Waals surface area contributed by atoms with Crippen molar-refractivity contribution in [1.29, 1.82) is 0 Å². The zero-order chi connectivity index (χ0) is 11.4. The minimum absolute atomic E-state index is 0.288. The molecule has 0 aliphatic rings. The first-order chi connectivity index (χ1) is 7.10. The van der Waals surface area contributed by atoms with Crippen LogP contribution in [0.5, 0.6) is 0 Å². The molecular weight excluding hydrogens is 180 g/mol. The minimum Gasteiger partial charge on any atom is -0.119 e. The molecule has 0 aliphatic carbocycles. The smallest absolute Gasteiger partial charge is 0.0454 e. The monoisotopic (exact) mass is 200 g/mol. The SMILES string of the molecule is C#CC(CCC)c1c(C)cc(C)cc1C. The third kappa shape index (κ3) is 2.63. The fourth-order valence-corrected chi connectivity index (χ4v) is 2.34. The molecule has 1 aromatic rings. The van der Waals surface area contributed by atoms with Crippen molar-refractivity contribution in [3.8, 4) is 12.3 Å². The molecule has 1 unspecified atom stereocenters. The lowest BCUT2D eigenvalue weighted by Gasteiger charge is -2.17. The van der Waals surface area contributed by atoms with Gasteiger partial charge < -0.3 is 0 Å². The third-order valence-corrected chi connectivity index (χ3v) is 2.87. The van der Waals surface area contributed by atoms with Gasteiger partial charge in [-0.25, -0.2) is 0 Å². The van der Waals surface area contributed by atoms with E-state index in [9.17, 15) is 0 Å². The summed E-state index contributed by atoms with van der Waals surface area (Å²) in [5.41, 5.74) is 5.36. The fraction of sp³-hybridized carbons (Fsp3) is 0.467. The maximum atomic E-state index is 5.62. The van der Waals surface area contributed by atoms with E-state index >= 15 is 0 Å². The van der Waals surface area contributed by atoms with Crippen LogP contribution in [0.25, 0.3) is 0 Å². The van der Waals surface area contributed by atoms with Crippen molar-refractivity contribution in [3.05, 3.63) is 34.4 Å². The Labute approximate surface area is 93.7 Å². The first-order valence-corrected chi connectivity index (χ1v) is 5.64. The van der Waals surface area contributed by atoms with Crippen molar-refractivity contribution in [2.75, 3.05) is 0 Å². The number of hydrogen-bond acceptors (Lipinski definition) is 0. The van der Waals surface area contributed by atoms with E-state index in [2.05, 4.69) is 45.7 Å². The van der Waals surface area contributed by atoms with E-state index in [1.165, 1.54) is 22.3 Å². The van der Waals surface area contributed by atoms with Gasteiger partial charge in [0, 0.05) is 5.92 Å². The highest BCUT2D eigenvalue weighted by Crippen LogP contribution is 2.27. The Morgan fingerprint density at radius 3 is 2.13 bits per heavy atom. The van der Waals surface area contributed by atoms with E-state index in [1.54, 1.807) is 0 Å². The van der Waals surface area contributed by atoms with Crippen LogP contribution >= 0.6 is 0 Å². The summed E-state index contributed by atoms with van der Waals surface area (Å²) in [6, 6.07) is 4.45. The highest BCUT2D eigenvalue weighted by atomic mass is 14.2. The molecule has 0 N–H and O–H groups in total. The summed E-state index contributed by atoms with van der Waals surface area (Å²) >= 11 is 0. The summed E-state index contributed by atoms with van der Waals surface area (Å²) in [4.78, 5) is 0. The second-order valence-electron chi connectivity index (χ2n) is 4.32. The predicted molar refractivity (Wildman–Crippen MR) is 67.1 cm³/mol. The summed E-state index contributed by atoms with van der Waals surface area (Å²) in [5.74, 6) is 3.21. The molecule has 80 valence electrons. The number of rotatable bonds is 3. The van der Waals surface area contributed by atoms with E-state index < -0.39 is 0 Å². The fourth-order valence-electron chi connectivity index (χ4n) is 2.34. The molecule has 0 amide bonds. The van der Waals surface area contributed by atoms with Gasteiger partial charge in [0.05, 0.1) is 0 Å². The molecule has 1 aromatic carbocycles. The second kappa shape index (κ2) is 5.03. The Bertz CT molecular complexity index is 357. The predicted octanol–water partition coefficient (Wildman–Crippen LogP) is 4.13. The van der Waals surface area contributed by atoms with Gasteiger partial charge in [-0.3, -0.25) is 0 Å². The number of terminal acetylenes is 1. The lowest BCUT2D eigenvalue weighted by molar-refractivity contribution is 0.726. The second-order valence-corrected chi connectivity index (χ2v) is 4.32. The number of benzene rings is 1. The molecule has 0 fully saturated rings. The van der Waals surface area contributed by atoms with Crippen LogP contribution in [-0.4, -0.2) is 0 Å². The van der Waals surface area contributed by atoms with Gasteiger partial charge in [-0.05, 0) is 43.9 Å². The van der Waals surface area contributed by atoms with Gasteiger partial charge in [-0.2, -0.15) is 0 Å². The molecule has 1 atom stereocenters. The Kier molecular flexibility index (Phi) is 3.97. The average molecular weight is 200 g/mol. The van der Waals surface area contributed by atoms with Gasteiger partial charge >= 0.3 is 0 Å². The number of aryl methyl sites for hydroxylation is 3. The van der Waals surface area contributed by atoms with E-state index in [0.29, 0.717) is 0 Å². The maximum absolute atomic E-state index is 5.62. The minimum atomic E-state index is 0.288. The molecule has 0 bridgehead atoms. The quantitative estimate of drug-likeness (QED) is 0.644. The van der Waals surface area contributed by atoms with Crippen LogP contribution in [0.3, 0.4) is 0 Å². The summed E-state index contributed by atoms with van der Waals surface area (Å²) in [7, 11) is 0. The lowest BCUT2D eigenvalue weighted by atomic mass is 9.87. The average Bonchev–Trinajstić information content (AvgIpc) is 2.14. The lowest BCUT2D eigenvalue weighted by Crippen LogP contribution is -2.02. The molecule has 0 radical (unpaired) electrons. The molecule has 15 heavy (non-hydrogen) atoms. The van der Waals surface area contributed by atoms with Gasteiger partial charge in [-0.15, -0.1) is 6.42 Å². The van der Waals surface area contributed by atoms with Crippen LogP contribution in [-0.2, 0) is 0 Å². The van der Waals surface area contributed by atoms with E-state index in [1.807, 2.05) is 0 Å².